The molecule has 1 aromatic heterocycles. The number of aryl methyl sites for hydroxylation is 1. The number of nitrogens with one attached hydrogen (secondary N) is 1. The molecule has 20 heavy (non-hydrogen) atoms. The van der Waals surface area contributed by atoms with Gasteiger partial charge in [0.1, 0.15) is 0 Å². The van der Waals surface area contributed by atoms with E-state index < -0.39 is 0 Å². The largest absolute Gasteiger partial charge is 0.383 e. The zero-order valence-corrected chi connectivity index (χ0v) is 12.4. The van der Waals surface area contributed by atoms with Gasteiger partial charge < -0.3 is 14.8 Å². The number of ether oxygens (including phenoxy) is 2. The molecule has 2 atom stereocenters. The van der Waals surface area contributed by atoms with Crippen molar-refractivity contribution < 1.29 is 9.47 Å². The fraction of sp³-hybridized carbons (Fsp3) is 0.923. The smallest absolute Gasteiger partial charge is 0.167 e. The highest BCUT2D eigenvalue weighted by Gasteiger charge is 2.17. The SMILES string of the molecule is COCCNC(C)c1nnnn1CCC1CCCCO1. The molecule has 1 fully saturated rings. The zero-order valence-electron chi connectivity index (χ0n) is 12.4. The van der Waals surface area contributed by atoms with Gasteiger partial charge in [-0.25, -0.2) is 4.68 Å². The molecule has 0 aliphatic carbocycles. The molecular formula is C13H25N5O2. The van der Waals surface area contributed by atoms with E-state index in [9.17, 15) is 0 Å². The second-order valence-corrected chi connectivity index (χ2v) is 5.21. The summed E-state index contributed by atoms with van der Waals surface area (Å²) in [6.07, 6.45) is 4.94. The van der Waals surface area contributed by atoms with Crippen molar-refractivity contribution in [2.75, 3.05) is 26.9 Å². The van der Waals surface area contributed by atoms with Crippen molar-refractivity contribution in [3.63, 3.8) is 0 Å². The lowest BCUT2D eigenvalue weighted by molar-refractivity contribution is 0.00801. The minimum atomic E-state index is 0.118. The first-order chi connectivity index (χ1) is 9.81. The molecule has 2 unspecified atom stereocenters. The monoisotopic (exact) mass is 283 g/mol. The molecule has 0 radical (unpaired) electrons. The third kappa shape index (κ3) is 4.50. The molecule has 7 nitrogen and oxygen atoms in total. The van der Waals surface area contributed by atoms with Crippen molar-refractivity contribution in [2.45, 2.75) is 51.3 Å². The average molecular weight is 283 g/mol. The number of rotatable bonds is 8. The second-order valence-electron chi connectivity index (χ2n) is 5.21. The molecule has 0 aromatic carbocycles. The van der Waals surface area contributed by atoms with Crippen LogP contribution in [0.15, 0.2) is 0 Å². The fourth-order valence-electron chi connectivity index (χ4n) is 2.45. The summed E-state index contributed by atoms with van der Waals surface area (Å²) in [5, 5.41) is 15.3. The summed E-state index contributed by atoms with van der Waals surface area (Å²) in [7, 11) is 1.70. The Hall–Kier alpha value is -1.05. The van der Waals surface area contributed by atoms with Crippen LogP contribution in [0.2, 0.25) is 0 Å². The Kier molecular flexibility index (Phi) is 6.35. The predicted molar refractivity (Wildman–Crippen MR) is 74.3 cm³/mol. The van der Waals surface area contributed by atoms with Gasteiger partial charge in [0.05, 0.1) is 18.8 Å². The lowest BCUT2D eigenvalue weighted by Gasteiger charge is -2.22. The molecule has 7 heteroatoms. The van der Waals surface area contributed by atoms with E-state index in [-0.39, 0.29) is 6.04 Å². The topological polar surface area (TPSA) is 74.1 Å². The zero-order chi connectivity index (χ0) is 14.2. The van der Waals surface area contributed by atoms with E-state index in [1.807, 2.05) is 4.68 Å². The van der Waals surface area contributed by atoms with E-state index in [0.717, 1.165) is 38.4 Å². The van der Waals surface area contributed by atoms with Gasteiger partial charge in [0, 0.05) is 26.8 Å². The number of aromatic nitrogens is 4. The van der Waals surface area contributed by atoms with E-state index in [4.69, 9.17) is 9.47 Å². The molecule has 0 saturated carbocycles. The summed E-state index contributed by atoms with van der Waals surface area (Å²) in [5.74, 6) is 0.872. The third-order valence-electron chi connectivity index (χ3n) is 3.64. The van der Waals surface area contributed by atoms with Gasteiger partial charge in [0.2, 0.25) is 0 Å². The second kappa shape index (κ2) is 8.28. The Morgan fingerprint density at radius 3 is 3.15 bits per heavy atom. The Morgan fingerprint density at radius 1 is 1.50 bits per heavy atom. The molecule has 0 amide bonds. The summed E-state index contributed by atoms with van der Waals surface area (Å²) in [6.45, 7) is 5.23. The molecule has 114 valence electrons. The van der Waals surface area contributed by atoms with E-state index >= 15 is 0 Å². The minimum absolute atomic E-state index is 0.118. The standard InChI is InChI=1S/C13H25N5O2/c1-11(14-7-10-19-2)13-15-16-17-18(13)8-6-12-5-3-4-9-20-12/h11-12,14H,3-10H2,1-2H3. The van der Waals surface area contributed by atoms with Gasteiger partial charge in [-0.3, -0.25) is 0 Å². The highest BCUT2D eigenvalue weighted by molar-refractivity contribution is 4.89. The molecule has 2 rings (SSSR count). The summed E-state index contributed by atoms with van der Waals surface area (Å²) in [6, 6.07) is 0.118. The Bertz CT molecular complexity index is 379. The van der Waals surface area contributed by atoms with E-state index in [0.29, 0.717) is 12.7 Å². The normalized spacial score (nSPS) is 21.0. The number of methoxy groups -OCH3 is 1. The van der Waals surface area contributed by atoms with Gasteiger partial charge in [0.15, 0.2) is 5.82 Å². The van der Waals surface area contributed by atoms with Crippen LogP contribution in [0.1, 0.15) is 44.5 Å². The molecular weight excluding hydrogens is 258 g/mol. The molecule has 2 heterocycles. The van der Waals surface area contributed by atoms with Gasteiger partial charge in [-0.05, 0) is 43.0 Å². The molecule has 1 aliphatic heterocycles. The maximum atomic E-state index is 5.74. The van der Waals surface area contributed by atoms with Crippen LogP contribution in [-0.4, -0.2) is 53.2 Å². The highest BCUT2D eigenvalue weighted by atomic mass is 16.5. The summed E-state index contributed by atoms with van der Waals surface area (Å²) in [4.78, 5) is 0. The van der Waals surface area contributed by atoms with Crippen molar-refractivity contribution in [3.05, 3.63) is 5.82 Å². The first kappa shape index (κ1) is 15.3. The molecule has 0 bridgehead atoms. The van der Waals surface area contributed by atoms with Crippen LogP contribution >= 0.6 is 0 Å². The van der Waals surface area contributed by atoms with Crippen LogP contribution in [0.5, 0.6) is 0 Å². The number of hydrogen-bond acceptors (Lipinski definition) is 6. The van der Waals surface area contributed by atoms with E-state index in [1.165, 1.54) is 12.8 Å². The summed E-state index contributed by atoms with van der Waals surface area (Å²) < 4.78 is 12.6. The van der Waals surface area contributed by atoms with Crippen molar-refractivity contribution in [2.24, 2.45) is 0 Å². The minimum Gasteiger partial charge on any atom is -0.383 e. The van der Waals surface area contributed by atoms with Gasteiger partial charge >= 0.3 is 0 Å². The lowest BCUT2D eigenvalue weighted by Crippen LogP contribution is -2.27. The molecule has 1 aliphatic rings. The van der Waals surface area contributed by atoms with Crippen molar-refractivity contribution in [3.8, 4) is 0 Å². The van der Waals surface area contributed by atoms with Crippen LogP contribution in [0, 0.1) is 0 Å². The van der Waals surface area contributed by atoms with Gasteiger partial charge in [-0.15, -0.1) is 5.10 Å². The molecule has 0 spiro atoms. The summed E-state index contributed by atoms with van der Waals surface area (Å²) >= 11 is 0. The average Bonchev–Trinajstić information content (AvgIpc) is 2.95. The first-order valence-corrected chi connectivity index (χ1v) is 7.41. The van der Waals surface area contributed by atoms with Gasteiger partial charge in [-0.1, -0.05) is 0 Å². The quantitative estimate of drug-likeness (QED) is 0.715. The van der Waals surface area contributed by atoms with Crippen molar-refractivity contribution >= 4 is 0 Å². The van der Waals surface area contributed by atoms with Crippen LogP contribution in [0.25, 0.3) is 0 Å². The van der Waals surface area contributed by atoms with Gasteiger partial charge in [-0.2, -0.15) is 0 Å². The highest BCUT2D eigenvalue weighted by Crippen LogP contribution is 2.17. The Morgan fingerprint density at radius 2 is 2.40 bits per heavy atom. The van der Waals surface area contributed by atoms with Crippen molar-refractivity contribution in [1.82, 2.24) is 25.5 Å². The number of hydrogen-bond donors (Lipinski definition) is 1. The van der Waals surface area contributed by atoms with Crippen LogP contribution in [-0.2, 0) is 16.0 Å². The molecule has 1 saturated heterocycles. The molecule has 1 aromatic rings. The lowest BCUT2D eigenvalue weighted by atomic mass is 10.1. The van der Waals surface area contributed by atoms with Gasteiger partial charge in [0.25, 0.3) is 0 Å². The van der Waals surface area contributed by atoms with Crippen LogP contribution in [0.4, 0.5) is 0 Å². The Labute approximate surface area is 120 Å². The van der Waals surface area contributed by atoms with Crippen LogP contribution in [0.3, 0.4) is 0 Å². The number of nitrogens with zero attached hydrogens (tertiary/aromatic N) is 4. The third-order valence-corrected chi connectivity index (χ3v) is 3.64. The van der Waals surface area contributed by atoms with Crippen LogP contribution < -0.4 is 5.32 Å². The Balaban J connectivity index is 1.81. The maximum absolute atomic E-state index is 5.74. The first-order valence-electron chi connectivity index (χ1n) is 7.41. The predicted octanol–water partition coefficient (Wildman–Crippen LogP) is 0.929. The number of tetrazole rings is 1. The van der Waals surface area contributed by atoms with Crippen molar-refractivity contribution in [1.29, 1.82) is 0 Å². The maximum Gasteiger partial charge on any atom is 0.167 e. The molecule has 1 N–H and O–H groups in total. The van der Waals surface area contributed by atoms with E-state index in [2.05, 4.69) is 27.8 Å². The van der Waals surface area contributed by atoms with E-state index in [1.54, 1.807) is 7.11 Å². The summed E-state index contributed by atoms with van der Waals surface area (Å²) in [5.41, 5.74) is 0. The fourth-order valence-corrected chi connectivity index (χ4v) is 2.45.